The number of hydrogen-bond acceptors (Lipinski definition) is 5. The Bertz CT molecular complexity index is 691. The quantitative estimate of drug-likeness (QED) is 0.804. The van der Waals surface area contributed by atoms with Gasteiger partial charge in [0, 0.05) is 32.2 Å². The molecule has 0 saturated carbocycles. The third-order valence-corrected chi connectivity index (χ3v) is 5.26. The number of piperidine rings is 1. The van der Waals surface area contributed by atoms with Gasteiger partial charge in [0.2, 0.25) is 5.91 Å². The Morgan fingerprint density at radius 3 is 2.65 bits per heavy atom. The topological polar surface area (TPSA) is 85.1 Å². The van der Waals surface area contributed by atoms with Gasteiger partial charge in [-0.05, 0) is 18.9 Å². The number of anilines is 1. The molecule has 1 aromatic carbocycles. The molecule has 2 aliphatic rings. The SMILES string of the molecule is COc1cc(N)c(Cl)cc1C(=O)N1CCCC(C(=O)N2CCOCC2)C1. The van der Waals surface area contributed by atoms with E-state index in [1.165, 1.54) is 13.2 Å². The van der Waals surface area contributed by atoms with E-state index in [2.05, 4.69) is 0 Å². The van der Waals surface area contributed by atoms with Crippen molar-refractivity contribution in [2.24, 2.45) is 5.92 Å². The monoisotopic (exact) mass is 381 g/mol. The first-order valence-electron chi connectivity index (χ1n) is 8.80. The highest BCUT2D eigenvalue weighted by atomic mass is 35.5. The van der Waals surface area contributed by atoms with Gasteiger partial charge in [-0.15, -0.1) is 0 Å². The van der Waals surface area contributed by atoms with E-state index in [-0.39, 0.29) is 17.7 Å². The lowest BCUT2D eigenvalue weighted by atomic mass is 9.95. The highest BCUT2D eigenvalue weighted by Crippen LogP contribution is 2.31. The number of nitrogens with zero attached hydrogens (tertiary/aromatic N) is 2. The van der Waals surface area contributed by atoms with Gasteiger partial charge < -0.3 is 25.0 Å². The molecule has 2 aliphatic heterocycles. The Kier molecular flexibility index (Phi) is 5.88. The molecule has 0 spiro atoms. The first kappa shape index (κ1) is 18.8. The first-order chi connectivity index (χ1) is 12.5. The number of ether oxygens (including phenoxy) is 2. The normalized spacial score (nSPS) is 20.8. The van der Waals surface area contributed by atoms with Crippen molar-refractivity contribution in [3.63, 3.8) is 0 Å². The Morgan fingerprint density at radius 1 is 1.23 bits per heavy atom. The summed E-state index contributed by atoms with van der Waals surface area (Å²) in [4.78, 5) is 29.3. The second kappa shape index (κ2) is 8.14. The molecule has 2 fully saturated rings. The zero-order chi connectivity index (χ0) is 18.7. The van der Waals surface area contributed by atoms with E-state index in [4.69, 9.17) is 26.8 Å². The number of halogens is 1. The summed E-state index contributed by atoms with van der Waals surface area (Å²) in [6, 6.07) is 3.08. The van der Waals surface area contributed by atoms with Crippen LogP contribution in [0.2, 0.25) is 5.02 Å². The Morgan fingerprint density at radius 2 is 1.96 bits per heavy atom. The lowest BCUT2D eigenvalue weighted by molar-refractivity contribution is -0.141. The number of amides is 2. The zero-order valence-electron chi connectivity index (χ0n) is 14.9. The van der Waals surface area contributed by atoms with Crippen molar-refractivity contribution >= 4 is 29.1 Å². The first-order valence-corrected chi connectivity index (χ1v) is 9.18. The van der Waals surface area contributed by atoms with Crippen molar-refractivity contribution in [2.45, 2.75) is 12.8 Å². The van der Waals surface area contributed by atoms with E-state index >= 15 is 0 Å². The van der Waals surface area contributed by atoms with Crippen molar-refractivity contribution in [1.82, 2.24) is 9.80 Å². The van der Waals surface area contributed by atoms with Crippen molar-refractivity contribution in [2.75, 3.05) is 52.2 Å². The molecular formula is C18H24ClN3O4. The van der Waals surface area contributed by atoms with E-state index in [1.807, 2.05) is 4.90 Å². The maximum absolute atomic E-state index is 13.0. The van der Waals surface area contributed by atoms with E-state index in [1.54, 1.807) is 11.0 Å². The molecule has 0 radical (unpaired) electrons. The van der Waals surface area contributed by atoms with E-state index in [0.717, 1.165) is 12.8 Å². The number of benzene rings is 1. The van der Waals surface area contributed by atoms with E-state index < -0.39 is 0 Å². The fourth-order valence-electron chi connectivity index (χ4n) is 3.48. The van der Waals surface area contributed by atoms with Gasteiger partial charge in [0.25, 0.3) is 5.91 Å². The number of morpholine rings is 1. The van der Waals surface area contributed by atoms with Gasteiger partial charge in [-0.3, -0.25) is 9.59 Å². The fourth-order valence-corrected chi connectivity index (χ4v) is 3.64. The highest BCUT2D eigenvalue weighted by Gasteiger charge is 2.33. The lowest BCUT2D eigenvalue weighted by Crippen LogP contribution is -2.49. The zero-order valence-corrected chi connectivity index (χ0v) is 15.6. The Labute approximate surface area is 158 Å². The van der Waals surface area contributed by atoms with Crippen LogP contribution >= 0.6 is 11.6 Å². The molecule has 7 nitrogen and oxygen atoms in total. The highest BCUT2D eigenvalue weighted by molar-refractivity contribution is 6.33. The average molecular weight is 382 g/mol. The summed E-state index contributed by atoms with van der Waals surface area (Å²) in [5.74, 6) is 0.121. The maximum atomic E-state index is 13.0. The van der Waals surface area contributed by atoms with Gasteiger partial charge in [-0.2, -0.15) is 0 Å². The van der Waals surface area contributed by atoms with Crippen LogP contribution in [0.15, 0.2) is 12.1 Å². The summed E-state index contributed by atoms with van der Waals surface area (Å²) >= 11 is 6.08. The van der Waals surface area contributed by atoms with Crippen molar-refractivity contribution in [3.05, 3.63) is 22.7 Å². The third-order valence-electron chi connectivity index (χ3n) is 4.93. The summed E-state index contributed by atoms with van der Waals surface area (Å²) in [6.45, 7) is 3.39. The fraction of sp³-hybridized carbons (Fsp3) is 0.556. The van der Waals surface area contributed by atoms with Crippen LogP contribution in [0.25, 0.3) is 0 Å². The van der Waals surface area contributed by atoms with Crippen LogP contribution in [-0.4, -0.2) is 68.1 Å². The molecule has 26 heavy (non-hydrogen) atoms. The van der Waals surface area contributed by atoms with Crippen molar-refractivity contribution in [1.29, 1.82) is 0 Å². The number of carbonyl (C=O) groups is 2. The molecule has 142 valence electrons. The summed E-state index contributed by atoms with van der Waals surface area (Å²) in [5.41, 5.74) is 6.52. The van der Waals surface area contributed by atoms with Gasteiger partial charge in [-0.25, -0.2) is 0 Å². The minimum Gasteiger partial charge on any atom is -0.496 e. The van der Waals surface area contributed by atoms with Crippen LogP contribution in [0.5, 0.6) is 5.75 Å². The van der Waals surface area contributed by atoms with Crippen LogP contribution in [0.1, 0.15) is 23.2 Å². The predicted octanol–water partition coefficient (Wildman–Crippen LogP) is 1.64. The van der Waals surface area contributed by atoms with Crippen LogP contribution in [0.4, 0.5) is 5.69 Å². The molecule has 2 heterocycles. The average Bonchev–Trinajstić information content (AvgIpc) is 2.69. The van der Waals surface area contributed by atoms with Gasteiger partial charge in [0.05, 0.1) is 42.5 Å². The van der Waals surface area contributed by atoms with Crippen molar-refractivity contribution in [3.8, 4) is 5.75 Å². The molecule has 1 aromatic rings. The number of rotatable bonds is 3. The number of hydrogen-bond donors (Lipinski definition) is 1. The van der Waals surface area contributed by atoms with Crippen LogP contribution in [0, 0.1) is 5.92 Å². The minimum absolute atomic E-state index is 0.105. The second-order valence-corrected chi connectivity index (χ2v) is 7.01. The van der Waals surface area contributed by atoms with Gasteiger partial charge in [0.1, 0.15) is 5.75 Å². The molecule has 2 N–H and O–H groups in total. The lowest BCUT2D eigenvalue weighted by Gasteiger charge is -2.36. The largest absolute Gasteiger partial charge is 0.496 e. The molecule has 3 rings (SSSR count). The van der Waals surface area contributed by atoms with Gasteiger partial charge in [-0.1, -0.05) is 11.6 Å². The molecule has 0 aromatic heterocycles. The van der Waals surface area contributed by atoms with E-state index in [0.29, 0.717) is 61.4 Å². The summed E-state index contributed by atoms with van der Waals surface area (Å²) in [7, 11) is 1.49. The number of nitrogens with two attached hydrogens (primary N) is 1. The Hall–Kier alpha value is -1.99. The number of likely N-dealkylation sites (tertiary alicyclic amines) is 1. The molecule has 0 aliphatic carbocycles. The third kappa shape index (κ3) is 3.88. The van der Waals surface area contributed by atoms with Crippen molar-refractivity contribution < 1.29 is 19.1 Å². The van der Waals surface area contributed by atoms with Crippen LogP contribution in [-0.2, 0) is 9.53 Å². The summed E-state index contributed by atoms with van der Waals surface area (Å²) in [5, 5.41) is 0.312. The molecule has 2 amide bonds. The molecule has 2 saturated heterocycles. The standard InChI is InChI=1S/C18H24ClN3O4/c1-25-16-10-15(20)14(19)9-13(16)18(24)22-4-2-3-12(11-22)17(23)21-5-7-26-8-6-21/h9-10,12H,2-8,11,20H2,1H3. The summed E-state index contributed by atoms with van der Waals surface area (Å²) in [6.07, 6.45) is 1.58. The number of carbonyl (C=O) groups excluding carboxylic acids is 2. The number of nitrogen functional groups attached to an aromatic ring is 1. The smallest absolute Gasteiger partial charge is 0.257 e. The van der Waals surface area contributed by atoms with E-state index in [9.17, 15) is 9.59 Å². The van der Waals surface area contributed by atoms with Crippen LogP contribution in [0.3, 0.4) is 0 Å². The number of methoxy groups -OCH3 is 1. The molecule has 0 bridgehead atoms. The second-order valence-electron chi connectivity index (χ2n) is 6.60. The van der Waals surface area contributed by atoms with Gasteiger partial charge >= 0.3 is 0 Å². The van der Waals surface area contributed by atoms with Crippen LogP contribution < -0.4 is 10.5 Å². The molecule has 8 heteroatoms. The van der Waals surface area contributed by atoms with Gasteiger partial charge in [0.15, 0.2) is 0 Å². The minimum atomic E-state index is -0.191. The molecular weight excluding hydrogens is 358 g/mol. The maximum Gasteiger partial charge on any atom is 0.257 e. The molecule has 1 atom stereocenters. The predicted molar refractivity (Wildman–Crippen MR) is 98.4 cm³/mol. The Balaban J connectivity index is 1.74. The summed E-state index contributed by atoms with van der Waals surface area (Å²) < 4.78 is 10.6. The molecule has 1 unspecified atom stereocenters.